The molecule has 152 valence electrons. The van der Waals surface area contributed by atoms with Gasteiger partial charge in [-0.3, -0.25) is 4.72 Å². The maximum atomic E-state index is 12.5. The minimum absolute atomic E-state index is 0.0369. The Labute approximate surface area is 171 Å². The molecule has 0 bridgehead atoms. The summed E-state index contributed by atoms with van der Waals surface area (Å²) in [4.78, 5) is 0. The molecule has 0 aliphatic heterocycles. The minimum Gasteiger partial charge on any atom is -0.497 e. The molecule has 0 unspecified atom stereocenters. The normalized spacial score (nSPS) is 11.0. The Morgan fingerprint density at radius 3 is 2.10 bits per heavy atom. The zero-order valence-electron chi connectivity index (χ0n) is 16.4. The molecule has 0 aromatic heterocycles. The van der Waals surface area contributed by atoms with Gasteiger partial charge in [-0.15, -0.1) is 0 Å². The van der Waals surface area contributed by atoms with Crippen LogP contribution in [0.25, 0.3) is 0 Å². The van der Waals surface area contributed by atoms with Gasteiger partial charge in [0, 0.05) is 5.69 Å². The van der Waals surface area contributed by atoms with Crippen molar-refractivity contribution in [3.8, 4) is 11.5 Å². The SMILES string of the molecule is COc1ccc(OCCS(=O)(=O)Nc2ccccc2Nc2ccc(C)cc2)cc1. The summed E-state index contributed by atoms with van der Waals surface area (Å²) in [5.41, 5.74) is 3.19. The van der Waals surface area contributed by atoms with Crippen molar-refractivity contribution in [2.24, 2.45) is 0 Å². The molecule has 3 rings (SSSR count). The van der Waals surface area contributed by atoms with E-state index in [4.69, 9.17) is 9.47 Å². The molecule has 0 fully saturated rings. The van der Waals surface area contributed by atoms with Gasteiger partial charge >= 0.3 is 0 Å². The van der Waals surface area contributed by atoms with Crippen LogP contribution in [0.2, 0.25) is 0 Å². The molecule has 29 heavy (non-hydrogen) atoms. The Hall–Kier alpha value is -3.19. The highest BCUT2D eigenvalue weighted by molar-refractivity contribution is 7.92. The van der Waals surface area contributed by atoms with E-state index in [0.717, 1.165) is 11.3 Å². The fraction of sp³-hybridized carbons (Fsp3) is 0.182. The number of anilines is 3. The molecule has 0 atom stereocenters. The number of hydrogen-bond donors (Lipinski definition) is 2. The van der Waals surface area contributed by atoms with Gasteiger partial charge in [0.1, 0.15) is 23.9 Å². The van der Waals surface area contributed by atoms with Crippen LogP contribution in [0.5, 0.6) is 11.5 Å². The molecule has 0 spiro atoms. The first kappa shape index (κ1) is 20.5. The van der Waals surface area contributed by atoms with Crippen molar-refractivity contribution >= 4 is 27.1 Å². The summed E-state index contributed by atoms with van der Waals surface area (Å²) in [5.74, 6) is 1.13. The molecule has 0 aliphatic carbocycles. The van der Waals surface area contributed by atoms with Crippen LogP contribution in [0.3, 0.4) is 0 Å². The van der Waals surface area contributed by atoms with Crippen LogP contribution >= 0.6 is 0 Å². The van der Waals surface area contributed by atoms with Crippen LogP contribution < -0.4 is 19.5 Å². The summed E-state index contributed by atoms with van der Waals surface area (Å²) in [6.07, 6.45) is 0. The molecule has 0 radical (unpaired) electrons. The van der Waals surface area contributed by atoms with Gasteiger partial charge in [0.2, 0.25) is 10.0 Å². The number of sulfonamides is 1. The number of para-hydroxylation sites is 2. The number of benzene rings is 3. The van der Waals surface area contributed by atoms with Crippen molar-refractivity contribution < 1.29 is 17.9 Å². The molecule has 6 nitrogen and oxygen atoms in total. The van der Waals surface area contributed by atoms with E-state index < -0.39 is 10.0 Å². The quantitative estimate of drug-likeness (QED) is 0.538. The van der Waals surface area contributed by atoms with Crippen molar-refractivity contribution in [3.63, 3.8) is 0 Å². The highest BCUT2D eigenvalue weighted by atomic mass is 32.2. The summed E-state index contributed by atoms with van der Waals surface area (Å²) < 4.78 is 38.2. The first-order valence-corrected chi connectivity index (χ1v) is 10.8. The zero-order valence-corrected chi connectivity index (χ0v) is 17.2. The van der Waals surface area contributed by atoms with Crippen molar-refractivity contribution in [1.29, 1.82) is 0 Å². The fourth-order valence-electron chi connectivity index (χ4n) is 2.63. The lowest BCUT2D eigenvalue weighted by atomic mass is 10.2. The smallest absolute Gasteiger partial charge is 0.236 e. The van der Waals surface area contributed by atoms with Gasteiger partial charge in [0.05, 0.1) is 18.5 Å². The third kappa shape index (κ3) is 6.15. The first-order chi connectivity index (χ1) is 13.9. The van der Waals surface area contributed by atoms with Gasteiger partial charge < -0.3 is 14.8 Å². The Morgan fingerprint density at radius 1 is 0.828 bits per heavy atom. The van der Waals surface area contributed by atoms with E-state index in [9.17, 15) is 8.42 Å². The minimum atomic E-state index is -3.58. The Balaban J connectivity index is 1.61. The summed E-state index contributed by atoms with van der Waals surface area (Å²) >= 11 is 0. The van der Waals surface area contributed by atoms with Crippen molar-refractivity contribution in [3.05, 3.63) is 78.4 Å². The molecule has 7 heteroatoms. The number of rotatable bonds is 9. The van der Waals surface area contributed by atoms with Crippen LogP contribution in [-0.4, -0.2) is 27.9 Å². The molecule has 0 saturated carbocycles. The van der Waals surface area contributed by atoms with Crippen molar-refractivity contribution in [2.75, 3.05) is 29.5 Å². The molecule has 0 aliphatic rings. The van der Waals surface area contributed by atoms with Crippen LogP contribution in [0, 0.1) is 6.92 Å². The fourth-order valence-corrected chi connectivity index (χ4v) is 3.55. The van der Waals surface area contributed by atoms with Crippen LogP contribution in [0.15, 0.2) is 72.8 Å². The van der Waals surface area contributed by atoms with Crippen molar-refractivity contribution in [2.45, 2.75) is 6.92 Å². The zero-order chi connectivity index (χ0) is 20.7. The van der Waals surface area contributed by atoms with Crippen LogP contribution in [0.1, 0.15) is 5.56 Å². The summed E-state index contributed by atoms with van der Waals surface area (Å²) in [5, 5.41) is 3.25. The third-order valence-electron chi connectivity index (χ3n) is 4.20. The number of hydrogen-bond acceptors (Lipinski definition) is 5. The first-order valence-electron chi connectivity index (χ1n) is 9.15. The molecular weight excluding hydrogens is 388 g/mol. The number of aryl methyl sites for hydroxylation is 1. The Bertz CT molecular complexity index is 1030. The maximum Gasteiger partial charge on any atom is 0.236 e. The lowest BCUT2D eigenvalue weighted by Gasteiger charge is -2.14. The van der Waals surface area contributed by atoms with Crippen LogP contribution in [0.4, 0.5) is 17.1 Å². The predicted molar refractivity (Wildman–Crippen MR) is 117 cm³/mol. The highest BCUT2D eigenvalue weighted by Gasteiger charge is 2.13. The largest absolute Gasteiger partial charge is 0.497 e. The van der Waals surface area contributed by atoms with Gasteiger partial charge in [-0.25, -0.2) is 8.42 Å². The second-order valence-corrected chi connectivity index (χ2v) is 8.32. The van der Waals surface area contributed by atoms with E-state index in [1.807, 2.05) is 43.3 Å². The van der Waals surface area contributed by atoms with E-state index in [1.54, 1.807) is 43.5 Å². The molecule has 0 heterocycles. The van der Waals surface area contributed by atoms with E-state index in [0.29, 0.717) is 22.9 Å². The summed E-state index contributed by atoms with van der Waals surface area (Å²) in [6, 6.07) is 22.0. The van der Waals surface area contributed by atoms with E-state index >= 15 is 0 Å². The molecule has 0 saturated heterocycles. The number of nitrogens with one attached hydrogen (secondary N) is 2. The lowest BCUT2D eigenvalue weighted by Crippen LogP contribution is -2.21. The van der Waals surface area contributed by atoms with Gasteiger partial charge in [0.15, 0.2) is 0 Å². The second-order valence-electron chi connectivity index (χ2n) is 6.48. The molecule has 3 aromatic carbocycles. The molecule has 3 aromatic rings. The van der Waals surface area contributed by atoms with E-state index in [2.05, 4.69) is 10.0 Å². The predicted octanol–water partition coefficient (Wildman–Crippen LogP) is 4.57. The molecule has 2 N–H and O–H groups in total. The third-order valence-corrected chi connectivity index (χ3v) is 5.44. The summed E-state index contributed by atoms with van der Waals surface area (Å²) in [7, 11) is -2.00. The standard InChI is InChI=1S/C22H24N2O4S/c1-17-7-9-18(10-8-17)23-21-5-3-4-6-22(21)24-29(25,26)16-15-28-20-13-11-19(27-2)12-14-20/h3-14,23-24H,15-16H2,1-2H3. The van der Waals surface area contributed by atoms with Gasteiger partial charge in [-0.05, 0) is 55.5 Å². The molecular formula is C22H24N2O4S. The summed E-state index contributed by atoms with van der Waals surface area (Å²) in [6.45, 7) is 2.05. The lowest BCUT2D eigenvalue weighted by molar-refractivity contribution is 0.340. The monoisotopic (exact) mass is 412 g/mol. The van der Waals surface area contributed by atoms with E-state index in [-0.39, 0.29) is 12.4 Å². The molecule has 0 amide bonds. The second kappa shape index (κ2) is 9.34. The average Bonchev–Trinajstić information content (AvgIpc) is 2.71. The van der Waals surface area contributed by atoms with Crippen LogP contribution in [-0.2, 0) is 10.0 Å². The Morgan fingerprint density at radius 2 is 1.45 bits per heavy atom. The average molecular weight is 413 g/mol. The van der Waals surface area contributed by atoms with Gasteiger partial charge in [-0.2, -0.15) is 0 Å². The number of ether oxygens (including phenoxy) is 2. The van der Waals surface area contributed by atoms with Gasteiger partial charge in [0.25, 0.3) is 0 Å². The van der Waals surface area contributed by atoms with Crippen molar-refractivity contribution in [1.82, 2.24) is 0 Å². The number of methoxy groups -OCH3 is 1. The Kier molecular flexibility index (Phi) is 6.61. The van der Waals surface area contributed by atoms with E-state index in [1.165, 1.54) is 0 Å². The topological polar surface area (TPSA) is 76.7 Å². The highest BCUT2D eigenvalue weighted by Crippen LogP contribution is 2.26. The maximum absolute atomic E-state index is 12.5. The van der Waals surface area contributed by atoms with Gasteiger partial charge in [-0.1, -0.05) is 29.8 Å².